The Bertz CT molecular complexity index is 899. The smallest absolute Gasteiger partial charge is 0.271 e. The molecule has 0 aliphatic heterocycles. The summed E-state index contributed by atoms with van der Waals surface area (Å²) in [5.74, 6) is -0.431. The maximum Gasteiger partial charge on any atom is 0.271 e. The van der Waals surface area contributed by atoms with Crippen LogP contribution in [0.5, 0.6) is 0 Å². The predicted molar refractivity (Wildman–Crippen MR) is 84.2 cm³/mol. The molecule has 3 heterocycles. The molecule has 1 amide bonds. The SMILES string of the molecule is Cc1sc2ncc(C(=O)NCc3cccnc3)c(=O)n2c1C. The zero-order valence-electron chi connectivity index (χ0n) is 12.2. The number of carbonyl (C=O) groups is 1. The van der Waals surface area contributed by atoms with Crippen LogP contribution in [0.1, 0.15) is 26.5 Å². The predicted octanol–water partition coefficient (Wildman–Crippen LogP) is 1.70. The minimum absolute atomic E-state index is 0.0438. The lowest BCUT2D eigenvalue weighted by Gasteiger charge is -2.05. The van der Waals surface area contributed by atoms with Crippen LogP contribution >= 0.6 is 11.3 Å². The zero-order valence-corrected chi connectivity index (χ0v) is 13.0. The van der Waals surface area contributed by atoms with Gasteiger partial charge in [0.05, 0.1) is 0 Å². The Hall–Kier alpha value is -2.54. The van der Waals surface area contributed by atoms with Gasteiger partial charge in [-0.2, -0.15) is 0 Å². The molecule has 0 unspecified atom stereocenters. The number of hydrogen-bond donors (Lipinski definition) is 1. The molecule has 3 aromatic heterocycles. The molecule has 3 rings (SSSR count). The third-order valence-corrected chi connectivity index (χ3v) is 4.51. The molecule has 0 bridgehead atoms. The Balaban J connectivity index is 1.90. The quantitative estimate of drug-likeness (QED) is 0.798. The Morgan fingerprint density at radius 2 is 2.18 bits per heavy atom. The molecule has 3 aromatic rings. The summed E-state index contributed by atoms with van der Waals surface area (Å²) in [4.78, 5) is 34.5. The summed E-state index contributed by atoms with van der Waals surface area (Å²) in [6.45, 7) is 4.09. The van der Waals surface area contributed by atoms with Gasteiger partial charge in [-0.05, 0) is 25.5 Å². The van der Waals surface area contributed by atoms with E-state index in [4.69, 9.17) is 0 Å². The molecule has 112 valence electrons. The molecular formula is C15H14N4O2S. The van der Waals surface area contributed by atoms with Gasteiger partial charge in [0.1, 0.15) is 5.56 Å². The number of pyridine rings is 1. The van der Waals surface area contributed by atoms with Crippen molar-refractivity contribution in [1.82, 2.24) is 19.7 Å². The summed E-state index contributed by atoms with van der Waals surface area (Å²) in [5, 5.41) is 2.72. The number of rotatable bonds is 3. The number of aryl methyl sites for hydroxylation is 2. The number of hydrogen-bond acceptors (Lipinski definition) is 5. The van der Waals surface area contributed by atoms with Crippen LogP contribution < -0.4 is 10.9 Å². The molecule has 6 nitrogen and oxygen atoms in total. The highest BCUT2D eigenvalue weighted by Crippen LogP contribution is 2.18. The van der Waals surface area contributed by atoms with Crippen molar-refractivity contribution in [3.8, 4) is 0 Å². The summed E-state index contributed by atoms with van der Waals surface area (Å²) in [6, 6.07) is 3.65. The van der Waals surface area contributed by atoms with E-state index in [2.05, 4.69) is 15.3 Å². The summed E-state index contributed by atoms with van der Waals surface area (Å²) in [5.41, 5.74) is 1.39. The Labute approximate surface area is 130 Å². The molecule has 7 heteroatoms. The number of carbonyl (C=O) groups excluding carboxylic acids is 1. The molecule has 0 fully saturated rings. The lowest BCUT2D eigenvalue weighted by atomic mass is 10.2. The van der Waals surface area contributed by atoms with Crippen LogP contribution in [0.4, 0.5) is 0 Å². The van der Waals surface area contributed by atoms with Crippen LogP contribution in [0.15, 0.2) is 35.5 Å². The van der Waals surface area contributed by atoms with Gasteiger partial charge < -0.3 is 5.32 Å². The molecule has 22 heavy (non-hydrogen) atoms. The zero-order chi connectivity index (χ0) is 15.7. The fourth-order valence-corrected chi connectivity index (χ4v) is 3.04. The Morgan fingerprint density at radius 1 is 1.36 bits per heavy atom. The van der Waals surface area contributed by atoms with Crippen LogP contribution in [-0.4, -0.2) is 20.3 Å². The van der Waals surface area contributed by atoms with Crippen LogP contribution in [0.25, 0.3) is 4.96 Å². The number of nitrogens with one attached hydrogen (secondary N) is 1. The molecule has 0 aliphatic carbocycles. The first-order chi connectivity index (χ1) is 10.6. The molecule has 0 aromatic carbocycles. The molecule has 0 saturated heterocycles. The van der Waals surface area contributed by atoms with Crippen molar-refractivity contribution in [2.45, 2.75) is 20.4 Å². The molecule has 0 saturated carbocycles. The van der Waals surface area contributed by atoms with E-state index in [0.717, 1.165) is 16.1 Å². The average molecular weight is 314 g/mol. The second-order valence-electron chi connectivity index (χ2n) is 4.88. The largest absolute Gasteiger partial charge is 0.348 e. The van der Waals surface area contributed by atoms with Gasteiger partial charge in [-0.15, -0.1) is 11.3 Å². The fourth-order valence-electron chi connectivity index (χ4n) is 2.11. The standard InChI is InChI=1S/C15H14N4O2S/c1-9-10(2)22-15-18-8-12(14(21)19(9)15)13(20)17-7-11-4-3-5-16-6-11/h3-6,8H,7H2,1-2H3,(H,17,20). The fraction of sp³-hybridized carbons (Fsp3) is 0.200. The summed E-state index contributed by atoms with van der Waals surface area (Å²) >= 11 is 1.44. The second kappa shape index (κ2) is 5.69. The third kappa shape index (κ3) is 2.50. The van der Waals surface area contributed by atoms with Crippen LogP contribution in [-0.2, 0) is 6.54 Å². The first kappa shape index (κ1) is 14.4. The molecule has 0 aliphatic rings. The summed E-state index contributed by atoms with van der Waals surface area (Å²) < 4.78 is 1.49. The van der Waals surface area contributed by atoms with Gasteiger partial charge in [0.25, 0.3) is 11.5 Å². The van der Waals surface area contributed by atoms with Crippen molar-refractivity contribution >= 4 is 22.2 Å². The molecule has 0 atom stereocenters. The third-order valence-electron chi connectivity index (χ3n) is 3.44. The van der Waals surface area contributed by atoms with Gasteiger partial charge in [-0.1, -0.05) is 6.07 Å². The summed E-state index contributed by atoms with van der Waals surface area (Å²) in [6.07, 6.45) is 4.67. The number of aromatic nitrogens is 3. The van der Waals surface area contributed by atoms with Crippen molar-refractivity contribution in [2.75, 3.05) is 0 Å². The topological polar surface area (TPSA) is 76.4 Å². The maximum atomic E-state index is 12.5. The van der Waals surface area contributed by atoms with Gasteiger partial charge in [-0.3, -0.25) is 19.0 Å². The van der Waals surface area contributed by atoms with E-state index < -0.39 is 5.91 Å². The van der Waals surface area contributed by atoms with E-state index in [1.807, 2.05) is 19.9 Å². The highest BCUT2D eigenvalue weighted by atomic mass is 32.1. The van der Waals surface area contributed by atoms with Crippen molar-refractivity contribution < 1.29 is 4.79 Å². The molecule has 0 spiro atoms. The number of amides is 1. The highest BCUT2D eigenvalue weighted by Gasteiger charge is 2.16. The van der Waals surface area contributed by atoms with Crippen molar-refractivity contribution in [1.29, 1.82) is 0 Å². The van der Waals surface area contributed by atoms with Gasteiger partial charge >= 0.3 is 0 Å². The first-order valence-electron chi connectivity index (χ1n) is 6.73. The van der Waals surface area contributed by atoms with Crippen molar-refractivity contribution in [2.24, 2.45) is 0 Å². The van der Waals surface area contributed by atoms with Gasteiger partial charge in [0.15, 0.2) is 4.96 Å². The van der Waals surface area contributed by atoms with E-state index in [1.165, 1.54) is 21.9 Å². The van der Waals surface area contributed by atoms with Crippen molar-refractivity contribution in [3.63, 3.8) is 0 Å². The van der Waals surface area contributed by atoms with E-state index in [-0.39, 0.29) is 11.1 Å². The first-order valence-corrected chi connectivity index (χ1v) is 7.54. The van der Waals surface area contributed by atoms with Crippen LogP contribution in [0.2, 0.25) is 0 Å². The minimum atomic E-state index is -0.431. The van der Waals surface area contributed by atoms with E-state index in [1.54, 1.807) is 18.5 Å². The normalized spacial score (nSPS) is 10.8. The summed E-state index contributed by atoms with van der Waals surface area (Å²) in [7, 11) is 0. The lowest BCUT2D eigenvalue weighted by molar-refractivity contribution is 0.0949. The number of nitrogens with zero attached hydrogens (tertiary/aromatic N) is 3. The molecular weight excluding hydrogens is 300 g/mol. The van der Waals surface area contributed by atoms with Crippen LogP contribution in [0, 0.1) is 13.8 Å². The second-order valence-corrected chi connectivity index (χ2v) is 6.06. The van der Waals surface area contributed by atoms with Gasteiger partial charge in [0, 0.05) is 35.7 Å². The molecule has 0 radical (unpaired) electrons. The average Bonchev–Trinajstić information content (AvgIpc) is 2.82. The minimum Gasteiger partial charge on any atom is -0.348 e. The monoisotopic (exact) mass is 314 g/mol. The molecule has 1 N–H and O–H groups in total. The lowest BCUT2D eigenvalue weighted by Crippen LogP contribution is -2.31. The van der Waals surface area contributed by atoms with Gasteiger partial charge in [-0.25, -0.2) is 4.98 Å². The Kier molecular flexibility index (Phi) is 3.72. The maximum absolute atomic E-state index is 12.5. The van der Waals surface area contributed by atoms with E-state index in [0.29, 0.717) is 11.5 Å². The van der Waals surface area contributed by atoms with Crippen LogP contribution in [0.3, 0.4) is 0 Å². The Morgan fingerprint density at radius 3 is 2.91 bits per heavy atom. The number of thiazole rings is 1. The van der Waals surface area contributed by atoms with E-state index >= 15 is 0 Å². The number of fused-ring (bicyclic) bond motifs is 1. The van der Waals surface area contributed by atoms with E-state index in [9.17, 15) is 9.59 Å². The van der Waals surface area contributed by atoms with Gasteiger partial charge in [0.2, 0.25) is 0 Å². The highest BCUT2D eigenvalue weighted by molar-refractivity contribution is 7.17. The van der Waals surface area contributed by atoms with Crippen molar-refractivity contribution in [3.05, 3.63) is 62.8 Å².